The molecule has 0 bridgehead atoms. The number of anilines is 2. The Morgan fingerprint density at radius 2 is 2.12 bits per heavy atom. The quantitative estimate of drug-likeness (QED) is 0.804. The zero-order valence-corrected chi connectivity index (χ0v) is 10.1. The number of pyridine rings is 1. The molecule has 16 heavy (non-hydrogen) atoms. The molecule has 3 N–H and O–H groups in total. The number of hydrogen-bond acceptors (Lipinski definition) is 3. The van der Waals surface area contributed by atoms with Gasteiger partial charge in [0.05, 0.1) is 0 Å². The Balaban J connectivity index is 1.95. The van der Waals surface area contributed by atoms with Gasteiger partial charge in [-0.2, -0.15) is 0 Å². The SMILES string of the molecule is CC1CCC(Nc2ccnc(N)c2)CC1C. The van der Waals surface area contributed by atoms with E-state index in [1.807, 2.05) is 12.1 Å². The lowest BCUT2D eigenvalue weighted by atomic mass is 9.79. The third kappa shape index (κ3) is 2.65. The zero-order chi connectivity index (χ0) is 11.5. The fourth-order valence-electron chi connectivity index (χ4n) is 2.45. The molecule has 1 aliphatic carbocycles. The van der Waals surface area contributed by atoms with Crippen molar-refractivity contribution in [2.24, 2.45) is 11.8 Å². The van der Waals surface area contributed by atoms with Crippen LogP contribution in [-0.2, 0) is 0 Å². The first-order valence-corrected chi connectivity index (χ1v) is 6.13. The Labute approximate surface area is 97.5 Å². The lowest BCUT2D eigenvalue weighted by molar-refractivity contribution is 0.261. The highest BCUT2D eigenvalue weighted by molar-refractivity contribution is 5.50. The molecule has 3 unspecified atom stereocenters. The van der Waals surface area contributed by atoms with Gasteiger partial charge in [0.2, 0.25) is 0 Å². The Bertz CT molecular complexity index is 351. The molecule has 0 saturated heterocycles. The normalized spacial score (nSPS) is 30.0. The molecular weight excluding hydrogens is 198 g/mol. The van der Waals surface area contributed by atoms with Crippen LogP contribution in [0.25, 0.3) is 0 Å². The molecule has 3 atom stereocenters. The Kier molecular flexibility index (Phi) is 3.32. The number of nitrogens with one attached hydrogen (secondary N) is 1. The molecule has 1 heterocycles. The molecule has 3 nitrogen and oxygen atoms in total. The average molecular weight is 219 g/mol. The van der Waals surface area contributed by atoms with Crippen LogP contribution in [0.3, 0.4) is 0 Å². The van der Waals surface area contributed by atoms with Crippen LogP contribution in [0.4, 0.5) is 11.5 Å². The standard InChI is InChI=1S/C13H21N3/c1-9-3-4-11(7-10(9)2)16-12-5-6-15-13(14)8-12/h5-6,8-11H,3-4,7H2,1-2H3,(H3,14,15,16). The van der Waals surface area contributed by atoms with E-state index < -0.39 is 0 Å². The van der Waals surface area contributed by atoms with E-state index in [2.05, 4.69) is 24.1 Å². The monoisotopic (exact) mass is 219 g/mol. The fraction of sp³-hybridized carbons (Fsp3) is 0.615. The maximum Gasteiger partial charge on any atom is 0.125 e. The summed E-state index contributed by atoms with van der Waals surface area (Å²) in [4.78, 5) is 4.00. The third-order valence-electron chi connectivity index (χ3n) is 3.75. The molecule has 1 fully saturated rings. The molecule has 0 spiro atoms. The van der Waals surface area contributed by atoms with Gasteiger partial charge in [-0.1, -0.05) is 13.8 Å². The first-order valence-electron chi connectivity index (χ1n) is 6.13. The predicted octanol–water partition coefficient (Wildman–Crippen LogP) is 2.90. The summed E-state index contributed by atoms with van der Waals surface area (Å²) in [7, 11) is 0. The van der Waals surface area contributed by atoms with E-state index >= 15 is 0 Å². The van der Waals surface area contributed by atoms with Crippen LogP contribution in [0, 0.1) is 11.8 Å². The van der Waals surface area contributed by atoms with Crippen LogP contribution in [0.15, 0.2) is 18.3 Å². The van der Waals surface area contributed by atoms with Crippen LogP contribution in [0.1, 0.15) is 33.1 Å². The Hall–Kier alpha value is -1.25. The smallest absolute Gasteiger partial charge is 0.125 e. The van der Waals surface area contributed by atoms with Gasteiger partial charge < -0.3 is 11.1 Å². The maximum absolute atomic E-state index is 5.66. The summed E-state index contributed by atoms with van der Waals surface area (Å²) in [6.07, 6.45) is 5.59. The van der Waals surface area contributed by atoms with Crippen molar-refractivity contribution in [2.75, 3.05) is 11.1 Å². The maximum atomic E-state index is 5.66. The number of nitrogens with two attached hydrogens (primary N) is 1. The minimum atomic E-state index is 0.585. The predicted molar refractivity (Wildman–Crippen MR) is 68.2 cm³/mol. The molecule has 3 heteroatoms. The summed E-state index contributed by atoms with van der Waals surface area (Å²) < 4.78 is 0. The van der Waals surface area contributed by atoms with Gasteiger partial charge in [0, 0.05) is 24.0 Å². The summed E-state index contributed by atoms with van der Waals surface area (Å²) in [5, 5.41) is 3.55. The van der Waals surface area contributed by atoms with Crippen LogP contribution in [0.2, 0.25) is 0 Å². The van der Waals surface area contributed by atoms with E-state index in [0.29, 0.717) is 11.9 Å². The van der Waals surface area contributed by atoms with E-state index in [0.717, 1.165) is 17.5 Å². The van der Waals surface area contributed by atoms with E-state index in [1.165, 1.54) is 19.3 Å². The van der Waals surface area contributed by atoms with Crippen LogP contribution >= 0.6 is 0 Å². The third-order valence-corrected chi connectivity index (χ3v) is 3.75. The van der Waals surface area contributed by atoms with Gasteiger partial charge in [-0.15, -0.1) is 0 Å². The van der Waals surface area contributed by atoms with Crippen molar-refractivity contribution in [3.8, 4) is 0 Å². The molecule has 1 aliphatic rings. The lowest BCUT2D eigenvalue weighted by Crippen LogP contribution is -2.30. The van der Waals surface area contributed by atoms with Crippen molar-refractivity contribution in [3.05, 3.63) is 18.3 Å². The molecule has 0 aromatic carbocycles. The van der Waals surface area contributed by atoms with Crippen LogP contribution in [0.5, 0.6) is 0 Å². The number of nitrogens with zero attached hydrogens (tertiary/aromatic N) is 1. The second-order valence-electron chi connectivity index (χ2n) is 5.08. The molecule has 2 rings (SSSR count). The van der Waals surface area contributed by atoms with Crippen molar-refractivity contribution in [3.63, 3.8) is 0 Å². The highest BCUT2D eigenvalue weighted by atomic mass is 14.9. The zero-order valence-electron chi connectivity index (χ0n) is 10.1. The van der Waals surface area contributed by atoms with E-state index in [9.17, 15) is 0 Å². The summed E-state index contributed by atoms with van der Waals surface area (Å²) in [6, 6.07) is 4.48. The molecule has 1 saturated carbocycles. The van der Waals surface area contributed by atoms with E-state index in [-0.39, 0.29) is 0 Å². The van der Waals surface area contributed by atoms with Crippen molar-refractivity contribution in [1.82, 2.24) is 4.98 Å². The number of nitrogen functional groups attached to an aromatic ring is 1. The van der Waals surface area contributed by atoms with Gasteiger partial charge in [-0.3, -0.25) is 0 Å². The minimum Gasteiger partial charge on any atom is -0.384 e. The van der Waals surface area contributed by atoms with Crippen LogP contribution < -0.4 is 11.1 Å². The highest BCUT2D eigenvalue weighted by Crippen LogP contribution is 2.31. The Morgan fingerprint density at radius 1 is 1.31 bits per heavy atom. The minimum absolute atomic E-state index is 0.585. The van der Waals surface area contributed by atoms with Crippen LogP contribution in [-0.4, -0.2) is 11.0 Å². The topological polar surface area (TPSA) is 50.9 Å². The molecular formula is C13H21N3. The first kappa shape index (κ1) is 11.2. The molecule has 0 aliphatic heterocycles. The molecule has 0 amide bonds. The summed E-state index contributed by atoms with van der Waals surface area (Å²) >= 11 is 0. The van der Waals surface area contributed by atoms with E-state index in [1.54, 1.807) is 6.20 Å². The van der Waals surface area contributed by atoms with Gasteiger partial charge in [0.15, 0.2) is 0 Å². The average Bonchev–Trinajstić information content (AvgIpc) is 2.24. The fourth-order valence-corrected chi connectivity index (χ4v) is 2.45. The summed E-state index contributed by atoms with van der Waals surface area (Å²) in [5.41, 5.74) is 6.76. The molecule has 1 aromatic rings. The van der Waals surface area contributed by atoms with Gasteiger partial charge >= 0.3 is 0 Å². The lowest BCUT2D eigenvalue weighted by Gasteiger charge is -2.33. The molecule has 1 aromatic heterocycles. The Morgan fingerprint density at radius 3 is 2.81 bits per heavy atom. The number of hydrogen-bond donors (Lipinski definition) is 2. The van der Waals surface area contributed by atoms with E-state index in [4.69, 9.17) is 5.73 Å². The summed E-state index contributed by atoms with van der Waals surface area (Å²) in [6.45, 7) is 4.70. The summed E-state index contributed by atoms with van der Waals surface area (Å²) in [5.74, 6) is 2.26. The molecule has 88 valence electrons. The second kappa shape index (κ2) is 4.73. The second-order valence-corrected chi connectivity index (χ2v) is 5.08. The van der Waals surface area contributed by atoms with Gasteiger partial charge in [0.25, 0.3) is 0 Å². The van der Waals surface area contributed by atoms with Crippen molar-refractivity contribution >= 4 is 11.5 Å². The van der Waals surface area contributed by atoms with Crippen molar-refractivity contribution < 1.29 is 0 Å². The first-order chi connectivity index (χ1) is 7.65. The number of aromatic nitrogens is 1. The molecule has 0 radical (unpaired) electrons. The largest absolute Gasteiger partial charge is 0.384 e. The highest BCUT2D eigenvalue weighted by Gasteiger charge is 2.24. The van der Waals surface area contributed by atoms with Gasteiger partial charge in [-0.05, 0) is 37.2 Å². The van der Waals surface area contributed by atoms with Crippen molar-refractivity contribution in [1.29, 1.82) is 0 Å². The van der Waals surface area contributed by atoms with Gasteiger partial charge in [0.1, 0.15) is 5.82 Å². The van der Waals surface area contributed by atoms with Gasteiger partial charge in [-0.25, -0.2) is 4.98 Å². The van der Waals surface area contributed by atoms with Crippen molar-refractivity contribution in [2.45, 2.75) is 39.2 Å². The number of rotatable bonds is 2.